The molecule has 146 valence electrons. The molecule has 3 saturated carbocycles. The summed E-state index contributed by atoms with van der Waals surface area (Å²) in [5, 5.41) is 0. The highest BCUT2D eigenvalue weighted by Gasteiger charge is 2.59. The number of fused-ring (bicyclic) bond motifs is 5. The molecule has 1 heterocycles. The van der Waals surface area contributed by atoms with Crippen LogP contribution >= 0.6 is 0 Å². The van der Waals surface area contributed by atoms with Gasteiger partial charge in [0.1, 0.15) is 6.29 Å². The number of carbonyl (C=O) groups excluding carboxylic acids is 1. The Morgan fingerprint density at radius 3 is 2.74 bits per heavy atom. The lowest BCUT2D eigenvalue weighted by Gasteiger charge is -2.58. The van der Waals surface area contributed by atoms with Crippen LogP contribution in [-0.4, -0.2) is 15.8 Å². The van der Waals surface area contributed by atoms with Crippen molar-refractivity contribution in [2.24, 2.45) is 34.5 Å². The van der Waals surface area contributed by atoms with E-state index in [9.17, 15) is 4.79 Å². The minimum absolute atomic E-state index is 0.131. The summed E-state index contributed by atoms with van der Waals surface area (Å²) >= 11 is 0. The Bertz CT molecular complexity index is 750. The van der Waals surface area contributed by atoms with E-state index in [-0.39, 0.29) is 5.41 Å². The second kappa shape index (κ2) is 6.32. The van der Waals surface area contributed by atoms with Crippen LogP contribution in [0.1, 0.15) is 78.1 Å². The molecule has 0 aliphatic heterocycles. The van der Waals surface area contributed by atoms with E-state index in [4.69, 9.17) is 0 Å². The van der Waals surface area contributed by atoms with Crippen molar-refractivity contribution in [2.75, 3.05) is 0 Å². The van der Waals surface area contributed by atoms with E-state index in [0.717, 1.165) is 36.0 Å². The average molecular weight is 367 g/mol. The van der Waals surface area contributed by atoms with Gasteiger partial charge in [-0.25, -0.2) is 4.98 Å². The van der Waals surface area contributed by atoms with Gasteiger partial charge in [0.05, 0.1) is 6.33 Å². The maximum Gasteiger partial charge on any atom is 0.147 e. The maximum atomic E-state index is 12.0. The van der Waals surface area contributed by atoms with Crippen LogP contribution in [0.2, 0.25) is 0 Å². The number of aromatic nitrogens is 2. The van der Waals surface area contributed by atoms with Crippen LogP contribution in [0.15, 0.2) is 24.3 Å². The predicted octanol–water partition coefficient (Wildman–Crippen LogP) is 5.73. The first kappa shape index (κ1) is 17.7. The quantitative estimate of drug-likeness (QED) is 0.627. The minimum atomic E-state index is 0.131. The number of hydrogen-bond acceptors (Lipinski definition) is 2. The number of nitrogens with zero attached hydrogens (tertiary/aromatic N) is 2. The Morgan fingerprint density at radius 2 is 1.96 bits per heavy atom. The van der Waals surface area contributed by atoms with Gasteiger partial charge in [0.25, 0.3) is 0 Å². The van der Waals surface area contributed by atoms with Crippen molar-refractivity contribution in [1.82, 2.24) is 9.55 Å². The number of allylic oxidation sites excluding steroid dienone is 2. The molecule has 4 aliphatic rings. The lowest BCUT2D eigenvalue weighted by Crippen LogP contribution is -2.51. The van der Waals surface area contributed by atoms with Gasteiger partial charge in [-0.15, -0.1) is 0 Å². The van der Waals surface area contributed by atoms with Gasteiger partial charge in [-0.3, -0.25) is 4.79 Å². The van der Waals surface area contributed by atoms with E-state index in [0.29, 0.717) is 11.3 Å². The molecule has 0 amide bonds. The van der Waals surface area contributed by atoms with Crippen molar-refractivity contribution in [2.45, 2.75) is 78.1 Å². The molecule has 0 radical (unpaired) electrons. The summed E-state index contributed by atoms with van der Waals surface area (Å²) in [6.07, 6.45) is 20.5. The fourth-order valence-corrected chi connectivity index (χ4v) is 8.12. The van der Waals surface area contributed by atoms with Gasteiger partial charge < -0.3 is 4.57 Å². The number of aldehydes is 1. The first-order valence-electron chi connectivity index (χ1n) is 11.2. The fraction of sp³-hybridized carbons (Fsp3) is 0.750. The first-order valence-corrected chi connectivity index (χ1v) is 11.2. The molecule has 5 rings (SSSR count). The fourth-order valence-electron chi connectivity index (χ4n) is 8.12. The number of rotatable bonds is 2. The van der Waals surface area contributed by atoms with E-state index in [2.05, 4.69) is 23.4 Å². The van der Waals surface area contributed by atoms with Gasteiger partial charge >= 0.3 is 0 Å². The summed E-state index contributed by atoms with van der Waals surface area (Å²) in [5.74, 6) is 3.23. The third-order valence-corrected chi connectivity index (χ3v) is 9.41. The molecule has 27 heavy (non-hydrogen) atoms. The third kappa shape index (κ3) is 2.46. The second-order valence-corrected chi connectivity index (χ2v) is 10.4. The van der Waals surface area contributed by atoms with Crippen molar-refractivity contribution < 1.29 is 4.79 Å². The summed E-state index contributed by atoms with van der Waals surface area (Å²) in [7, 11) is 0. The van der Waals surface area contributed by atoms with Crippen LogP contribution in [0.3, 0.4) is 0 Å². The Morgan fingerprint density at radius 1 is 1.07 bits per heavy atom. The zero-order valence-corrected chi connectivity index (χ0v) is 17.0. The van der Waals surface area contributed by atoms with Gasteiger partial charge in [0, 0.05) is 29.1 Å². The standard InChI is InChI=1S/C24H34N2O/c1-23-10-5-3-4-6-18(23)7-8-19-20(23)9-11-24(2)21(19)14-17(15-27)22(24)26-13-12-25-16-26/h12-13,15-16,18-21H,3-11,14H2,1-2H3. The molecule has 3 fully saturated rings. The smallest absolute Gasteiger partial charge is 0.147 e. The van der Waals surface area contributed by atoms with Crippen LogP contribution in [0.5, 0.6) is 0 Å². The van der Waals surface area contributed by atoms with Crippen LogP contribution in [0.4, 0.5) is 0 Å². The first-order chi connectivity index (χ1) is 13.1. The van der Waals surface area contributed by atoms with Crippen LogP contribution in [-0.2, 0) is 4.79 Å². The summed E-state index contributed by atoms with van der Waals surface area (Å²) in [6, 6.07) is 0. The zero-order chi connectivity index (χ0) is 18.6. The molecule has 4 aliphatic carbocycles. The monoisotopic (exact) mass is 366 g/mol. The van der Waals surface area contributed by atoms with E-state index >= 15 is 0 Å². The Labute approximate surface area is 163 Å². The van der Waals surface area contributed by atoms with E-state index < -0.39 is 0 Å². The van der Waals surface area contributed by atoms with E-state index in [1.54, 1.807) is 0 Å². The normalized spacial score (nSPS) is 44.2. The summed E-state index contributed by atoms with van der Waals surface area (Å²) in [4.78, 5) is 16.3. The highest BCUT2D eigenvalue weighted by Crippen LogP contribution is 2.67. The highest BCUT2D eigenvalue weighted by atomic mass is 16.1. The molecule has 0 N–H and O–H groups in total. The van der Waals surface area contributed by atoms with Crippen LogP contribution < -0.4 is 0 Å². The number of imidazole rings is 1. The second-order valence-electron chi connectivity index (χ2n) is 10.4. The van der Waals surface area contributed by atoms with Gasteiger partial charge in [-0.1, -0.05) is 33.1 Å². The molecule has 3 nitrogen and oxygen atoms in total. The van der Waals surface area contributed by atoms with Crippen molar-refractivity contribution in [3.63, 3.8) is 0 Å². The van der Waals surface area contributed by atoms with E-state index in [1.165, 1.54) is 63.5 Å². The summed E-state index contributed by atoms with van der Waals surface area (Å²) in [5.41, 5.74) is 2.96. The van der Waals surface area contributed by atoms with E-state index in [1.807, 2.05) is 18.7 Å². The molecular weight excluding hydrogens is 332 g/mol. The molecular formula is C24H34N2O. The van der Waals surface area contributed by atoms with Gasteiger partial charge in [0.15, 0.2) is 0 Å². The topological polar surface area (TPSA) is 34.9 Å². The molecule has 0 aromatic carbocycles. The SMILES string of the molecule is CC12CCC3C(CCC4CCCCCC43C)C1CC(C=O)=C2n1ccnc1. The van der Waals surface area contributed by atoms with Crippen molar-refractivity contribution in [3.8, 4) is 0 Å². The van der Waals surface area contributed by atoms with Gasteiger partial charge in [-0.2, -0.15) is 0 Å². The molecule has 3 heteroatoms. The molecule has 0 bridgehead atoms. The number of hydrogen-bond donors (Lipinski definition) is 0. The molecule has 6 atom stereocenters. The highest BCUT2D eigenvalue weighted by molar-refractivity contribution is 5.86. The van der Waals surface area contributed by atoms with Gasteiger partial charge in [-0.05, 0) is 74.0 Å². The van der Waals surface area contributed by atoms with Crippen molar-refractivity contribution >= 4 is 12.0 Å². The lowest BCUT2D eigenvalue weighted by molar-refractivity contribution is -0.105. The number of carbonyl (C=O) groups is 1. The Kier molecular flexibility index (Phi) is 4.14. The molecule has 1 aromatic rings. The Balaban J connectivity index is 1.51. The molecule has 1 aromatic heterocycles. The van der Waals surface area contributed by atoms with Crippen LogP contribution in [0, 0.1) is 34.5 Å². The lowest BCUT2D eigenvalue weighted by atomic mass is 9.46. The van der Waals surface area contributed by atoms with Crippen molar-refractivity contribution in [1.29, 1.82) is 0 Å². The summed E-state index contributed by atoms with van der Waals surface area (Å²) in [6.45, 7) is 5.09. The largest absolute Gasteiger partial charge is 0.309 e. The zero-order valence-electron chi connectivity index (χ0n) is 17.0. The Hall–Kier alpha value is -1.38. The summed E-state index contributed by atoms with van der Waals surface area (Å²) < 4.78 is 2.14. The molecule has 0 spiro atoms. The third-order valence-electron chi connectivity index (χ3n) is 9.41. The predicted molar refractivity (Wildman–Crippen MR) is 108 cm³/mol. The minimum Gasteiger partial charge on any atom is -0.309 e. The molecule has 0 saturated heterocycles. The van der Waals surface area contributed by atoms with Crippen molar-refractivity contribution in [3.05, 3.63) is 24.3 Å². The maximum absolute atomic E-state index is 12.0. The van der Waals surface area contributed by atoms with Crippen LogP contribution in [0.25, 0.3) is 5.70 Å². The molecule has 6 unspecified atom stereocenters. The van der Waals surface area contributed by atoms with Gasteiger partial charge in [0.2, 0.25) is 0 Å². The average Bonchev–Trinajstić information content (AvgIpc) is 3.22.